The molecule has 0 spiro atoms. The Labute approximate surface area is 105 Å². The third-order valence-electron chi connectivity index (χ3n) is 2.04. The fourth-order valence-corrected chi connectivity index (χ4v) is 2.10. The predicted octanol–water partition coefficient (Wildman–Crippen LogP) is 2.05. The molecule has 0 radical (unpaired) electrons. The number of primary amides is 1. The van der Waals surface area contributed by atoms with E-state index in [0.29, 0.717) is 0 Å². The van der Waals surface area contributed by atoms with Gasteiger partial charge in [-0.3, -0.25) is 9.59 Å². The summed E-state index contributed by atoms with van der Waals surface area (Å²) in [5.74, 6) is -1.51. The first-order valence-electron chi connectivity index (χ1n) is 5.33. The van der Waals surface area contributed by atoms with Crippen molar-refractivity contribution < 1.29 is 14.3 Å². The van der Waals surface area contributed by atoms with Crippen LogP contribution in [0.5, 0.6) is 0 Å². The Morgan fingerprint density at radius 2 is 2.12 bits per heavy atom. The van der Waals surface area contributed by atoms with Gasteiger partial charge in [0.25, 0.3) is 0 Å². The minimum atomic E-state index is -0.599. The van der Waals surface area contributed by atoms with E-state index in [9.17, 15) is 9.59 Å². The molecule has 1 amide bonds. The van der Waals surface area contributed by atoms with Gasteiger partial charge in [-0.05, 0) is 43.2 Å². The van der Waals surface area contributed by atoms with E-state index in [-0.39, 0.29) is 6.42 Å². The zero-order valence-corrected chi connectivity index (χ0v) is 11.0. The molecular weight excluding hydrogens is 238 g/mol. The molecule has 0 saturated carbocycles. The lowest BCUT2D eigenvalue weighted by atomic mass is 9.98. The molecule has 0 aliphatic carbocycles. The number of thiophene rings is 1. The highest BCUT2D eigenvalue weighted by molar-refractivity contribution is 7.08. The topological polar surface area (TPSA) is 69.4 Å². The Bertz CT molecular complexity index is 392. The van der Waals surface area contributed by atoms with Crippen molar-refractivity contribution in [1.29, 1.82) is 0 Å². The summed E-state index contributed by atoms with van der Waals surface area (Å²) in [6, 6.07) is 1.81. The molecule has 17 heavy (non-hydrogen) atoms. The summed E-state index contributed by atoms with van der Waals surface area (Å²) in [6.07, 6.45) is -0.0222. The second-order valence-corrected chi connectivity index (χ2v) is 5.59. The van der Waals surface area contributed by atoms with Crippen LogP contribution in [0.1, 0.15) is 38.7 Å². The fraction of sp³-hybridized carbons (Fsp3) is 0.500. The molecule has 94 valence electrons. The van der Waals surface area contributed by atoms with E-state index in [4.69, 9.17) is 10.5 Å². The van der Waals surface area contributed by atoms with Crippen LogP contribution in [0, 0.1) is 0 Å². The summed E-state index contributed by atoms with van der Waals surface area (Å²) < 4.78 is 5.28. The first-order chi connectivity index (χ1) is 7.79. The van der Waals surface area contributed by atoms with Gasteiger partial charge in [-0.25, -0.2) is 0 Å². The number of amides is 1. The molecule has 2 N–H and O–H groups in total. The van der Waals surface area contributed by atoms with Crippen molar-refractivity contribution in [2.45, 2.75) is 38.7 Å². The standard InChI is InChI=1S/C12H17NO3S/c1-12(2,3)16-11(15)9(6-10(13)14)8-4-5-17-7-8/h4-5,7,9H,6H2,1-3H3,(H2,13,14). The van der Waals surface area contributed by atoms with Gasteiger partial charge in [0.05, 0.1) is 5.92 Å². The van der Waals surface area contributed by atoms with Gasteiger partial charge in [0.2, 0.25) is 5.91 Å². The molecule has 1 aromatic rings. The quantitative estimate of drug-likeness (QED) is 0.837. The normalized spacial score (nSPS) is 13.1. The van der Waals surface area contributed by atoms with Gasteiger partial charge in [-0.15, -0.1) is 0 Å². The molecule has 5 heteroatoms. The first-order valence-corrected chi connectivity index (χ1v) is 6.27. The largest absolute Gasteiger partial charge is 0.459 e. The van der Waals surface area contributed by atoms with Gasteiger partial charge in [0.1, 0.15) is 5.60 Å². The number of nitrogens with two attached hydrogens (primary N) is 1. The van der Waals surface area contributed by atoms with E-state index in [2.05, 4.69) is 0 Å². The van der Waals surface area contributed by atoms with E-state index >= 15 is 0 Å². The third kappa shape index (κ3) is 4.56. The van der Waals surface area contributed by atoms with Crippen LogP contribution >= 0.6 is 11.3 Å². The van der Waals surface area contributed by atoms with Crippen LogP contribution in [0.15, 0.2) is 16.8 Å². The smallest absolute Gasteiger partial charge is 0.314 e. The molecule has 1 unspecified atom stereocenters. The number of rotatable bonds is 4. The number of esters is 1. The molecule has 4 nitrogen and oxygen atoms in total. The van der Waals surface area contributed by atoms with Crippen LogP contribution in [0.25, 0.3) is 0 Å². The number of hydrogen-bond acceptors (Lipinski definition) is 4. The van der Waals surface area contributed by atoms with E-state index in [1.54, 1.807) is 20.8 Å². The van der Waals surface area contributed by atoms with Gasteiger partial charge in [0, 0.05) is 6.42 Å². The van der Waals surface area contributed by atoms with Crippen LogP contribution in [0.2, 0.25) is 0 Å². The van der Waals surface area contributed by atoms with Crippen molar-refractivity contribution in [3.63, 3.8) is 0 Å². The molecule has 0 bridgehead atoms. The first kappa shape index (κ1) is 13.7. The van der Waals surface area contributed by atoms with Crippen LogP contribution < -0.4 is 5.73 Å². The average molecular weight is 255 g/mol. The predicted molar refractivity (Wildman–Crippen MR) is 66.7 cm³/mol. The molecule has 1 aromatic heterocycles. The second-order valence-electron chi connectivity index (χ2n) is 4.81. The van der Waals surface area contributed by atoms with Crippen molar-refractivity contribution in [1.82, 2.24) is 0 Å². The minimum Gasteiger partial charge on any atom is -0.459 e. The van der Waals surface area contributed by atoms with E-state index in [0.717, 1.165) is 5.56 Å². The highest BCUT2D eigenvalue weighted by Gasteiger charge is 2.28. The van der Waals surface area contributed by atoms with Crippen molar-refractivity contribution in [3.05, 3.63) is 22.4 Å². The maximum Gasteiger partial charge on any atom is 0.314 e. The van der Waals surface area contributed by atoms with Crippen LogP contribution in [0.4, 0.5) is 0 Å². The molecule has 1 heterocycles. The molecule has 1 rings (SSSR count). The Kier molecular flexibility index (Phi) is 4.28. The van der Waals surface area contributed by atoms with Gasteiger partial charge in [0.15, 0.2) is 0 Å². The highest BCUT2D eigenvalue weighted by atomic mass is 32.1. The average Bonchev–Trinajstić information content (AvgIpc) is 2.63. The zero-order chi connectivity index (χ0) is 13.1. The summed E-state index contributed by atoms with van der Waals surface area (Å²) in [7, 11) is 0. The molecule has 1 atom stereocenters. The van der Waals surface area contributed by atoms with Crippen LogP contribution in [-0.2, 0) is 14.3 Å². The lowest BCUT2D eigenvalue weighted by Gasteiger charge is -2.23. The zero-order valence-electron chi connectivity index (χ0n) is 10.2. The molecule has 0 aliphatic heterocycles. The van der Waals surface area contributed by atoms with Crippen molar-refractivity contribution >= 4 is 23.2 Å². The summed E-state index contributed by atoms with van der Waals surface area (Å²) >= 11 is 1.47. The monoisotopic (exact) mass is 255 g/mol. The Morgan fingerprint density at radius 3 is 2.53 bits per heavy atom. The lowest BCUT2D eigenvalue weighted by molar-refractivity contribution is -0.157. The van der Waals surface area contributed by atoms with Crippen molar-refractivity contribution in [2.24, 2.45) is 5.73 Å². The molecule has 0 aromatic carbocycles. The molecule has 0 saturated heterocycles. The maximum absolute atomic E-state index is 12.0. The van der Waals surface area contributed by atoms with E-state index in [1.807, 2.05) is 16.8 Å². The minimum absolute atomic E-state index is 0.0222. The van der Waals surface area contributed by atoms with Crippen molar-refractivity contribution in [3.8, 4) is 0 Å². The number of hydrogen-bond donors (Lipinski definition) is 1. The Morgan fingerprint density at radius 1 is 1.47 bits per heavy atom. The van der Waals surface area contributed by atoms with Crippen molar-refractivity contribution in [2.75, 3.05) is 0 Å². The summed E-state index contributed by atoms with van der Waals surface area (Å²) in [5, 5.41) is 3.69. The van der Waals surface area contributed by atoms with Gasteiger partial charge in [-0.2, -0.15) is 11.3 Å². The molecular formula is C12H17NO3S. The second kappa shape index (κ2) is 5.31. The fourth-order valence-electron chi connectivity index (χ4n) is 1.38. The summed E-state index contributed by atoms with van der Waals surface area (Å²) in [6.45, 7) is 5.37. The SMILES string of the molecule is CC(C)(C)OC(=O)C(CC(N)=O)c1ccsc1. The van der Waals surface area contributed by atoms with Crippen LogP contribution in [-0.4, -0.2) is 17.5 Å². The molecule has 0 fully saturated rings. The Balaban J connectivity index is 2.84. The summed E-state index contributed by atoms with van der Waals surface area (Å²) in [5.41, 5.74) is 5.37. The number of carbonyl (C=O) groups is 2. The third-order valence-corrected chi connectivity index (χ3v) is 2.74. The van der Waals surface area contributed by atoms with Crippen LogP contribution in [0.3, 0.4) is 0 Å². The summed E-state index contributed by atoms with van der Waals surface area (Å²) in [4.78, 5) is 23.0. The van der Waals surface area contributed by atoms with Gasteiger partial charge >= 0.3 is 5.97 Å². The van der Waals surface area contributed by atoms with Gasteiger partial charge in [-0.1, -0.05) is 0 Å². The van der Waals surface area contributed by atoms with Gasteiger partial charge < -0.3 is 10.5 Å². The Hall–Kier alpha value is -1.36. The number of ether oxygens (including phenoxy) is 1. The molecule has 0 aliphatic rings. The van der Waals surface area contributed by atoms with E-state index < -0.39 is 23.4 Å². The van der Waals surface area contributed by atoms with E-state index in [1.165, 1.54) is 11.3 Å². The maximum atomic E-state index is 12.0. The lowest BCUT2D eigenvalue weighted by Crippen LogP contribution is -2.29. The highest BCUT2D eigenvalue weighted by Crippen LogP contribution is 2.25. The number of carbonyl (C=O) groups excluding carboxylic acids is 2.